The molecule has 0 saturated heterocycles. The first-order valence-corrected chi connectivity index (χ1v) is 4.19. The average Bonchev–Trinajstić information content (AvgIpc) is 2.15. The van der Waals surface area contributed by atoms with Crippen LogP contribution in [0.5, 0.6) is 17.2 Å². The molecule has 6 N–H and O–H groups in total. The number of aliphatic hydroxyl groups excluding tert-OH is 1. The maximum Gasteiger partial charge on any atom is 0.200 e. The molecule has 1 unspecified atom stereocenters. The molecule has 1 atom stereocenters. The van der Waals surface area contributed by atoms with E-state index in [1.54, 1.807) is 0 Å². The number of phenols is 3. The largest absolute Gasteiger partial charge is 0.504 e. The summed E-state index contributed by atoms with van der Waals surface area (Å²) in [6.07, 6.45) is -0.663. The molecule has 0 amide bonds. The van der Waals surface area contributed by atoms with Gasteiger partial charge in [0.25, 0.3) is 0 Å². The Balaban J connectivity index is 3.04. The third kappa shape index (κ3) is 1.89. The van der Waals surface area contributed by atoms with Gasteiger partial charge in [0.05, 0.1) is 6.10 Å². The Labute approximate surface area is 81.0 Å². The number of benzene rings is 1. The van der Waals surface area contributed by atoms with Crippen molar-refractivity contribution < 1.29 is 20.4 Å². The Bertz CT molecular complexity index is 327. The van der Waals surface area contributed by atoms with E-state index in [0.29, 0.717) is 0 Å². The zero-order valence-electron chi connectivity index (χ0n) is 7.51. The first kappa shape index (κ1) is 10.6. The second kappa shape index (κ2) is 4.17. The summed E-state index contributed by atoms with van der Waals surface area (Å²) in [6, 6.07) is 2.54. The van der Waals surface area contributed by atoms with Crippen molar-refractivity contribution in [2.45, 2.75) is 12.5 Å². The van der Waals surface area contributed by atoms with Crippen molar-refractivity contribution >= 4 is 0 Å². The van der Waals surface area contributed by atoms with Crippen molar-refractivity contribution in [1.82, 2.24) is 0 Å². The van der Waals surface area contributed by atoms with Crippen molar-refractivity contribution in [1.29, 1.82) is 0 Å². The standard InChI is InChI=1S/C9H13NO4/c10-4-3-6(11)5-1-2-7(12)9(14)8(5)13/h1-2,6,11-14H,3-4,10H2. The fraction of sp³-hybridized carbons (Fsp3) is 0.333. The average molecular weight is 199 g/mol. The molecule has 0 saturated carbocycles. The number of hydrogen-bond donors (Lipinski definition) is 5. The van der Waals surface area contributed by atoms with Crippen molar-refractivity contribution in [3.05, 3.63) is 17.7 Å². The van der Waals surface area contributed by atoms with Crippen LogP contribution < -0.4 is 5.73 Å². The van der Waals surface area contributed by atoms with Crippen LogP contribution in [0.4, 0.5) is 0 Å². The molecule has 14 heavy (non-hydrogen) atoms. The van der Waals surface area contributed by atoms with E-state index in [2.05, 4.69) is 0 Å². The Morgan fingerprint density at radius 2 is 1.79 bits per heavy atom. The van der Waals surface area contributed by atoms with Gasteiger partial charge in [-0.2, -0.15) is 0 Å². The van der Waals surface area contributed by atoms with Crippen LogP contribution in [0.25, 0.3) is 0 Å². The molecule has 1 aromatic rings. The fourth-order valence-corrected chi connectivity index (χ4v) is 1.17. The lowest BCUT2D eigenvalue weighted by Gasteiger charge is -2.12. The van der Waals surface area contributed by atoms with Gasteiger partial charge in [0.15, 0.2) is 11.5 Å². The molecule has 0 aliphatic heterocycles. The Hall–Kier alpha value is -1.46. The second-order valence-electron chi connectivity index (χ2n) is 2.96. The number of rotatable bonds is 3. The van der Waals surface area contributed by atoms with Crippen LogP contribution in [-0.4, -0.2) is 27.0 Å². The summed E-state index contributed by atoms with van der Waals surface area (Å²) in [5.74, 6) is -1.56. The maximum atomic E-state index is 9.48. The fourth-order valence-electron chi connectivity index (χ4n) is 1.17. The quantitative estimate of drug-likeness (QED) is 0.446. The molecule has 0 fully saturated rings. The van der Waals surface area contributed by atoms with E-state index in [0.717, 1.165) is 0 Å². The van der Waals surface area contributed by atoms with Crippen LogP contribution in [0, 0.1) is 0 Å². The van der Waals surface area contributed by atoms with Gasteiger partial charge in [0.1, 0.15) is 0 Å². The molecule has 0 radical (unpaired) electrons. The minimum absolute atomic E-state index is 0.158. The molecule has 0 heterocycles. The molecular weight excluding hydrogens is 186 g/mol. The summed E-state index contributed by atoms with van der Waals surface area (Å²) >= 11 is 0. The SMILES string of the molecule is NCCC(O)c1ccc(O)c(O)c1O. The lowest BCUT2D eigenvalue weighted by Crippen LogP contribution is -2.06. The first-order chi connectivity index (χ1) is 6.57. The predicted molar refractivity (Wildman–Crippen MR) is 50.1 cm³/mol. The van der Waals surface area contributed by atoms with E-state index >= 15 is 0 Å². The maximum absolute atomic E-state index is 9.48. The lowest BCUT2D eigenvalue weighted by atomic mass is 10.0. The van der Waals surface area contributed by atoms with E-state index < -0.39 is 23.4 Å². The van der Waals surface area contributed by atoms with Gasteiger partial charge in [0.2, 0.25) is 5.75 Å². The number of aromatic hydroxyl groups is 3. The van der Waals surface area contributed by atoms with Crippen LogP contribution in [-0.2, 0) is 0 Å². The summed E-state index contributed by atoms with van der Waals surface area (Å²) < 4.78 is 0. The topological polar surface area (TPSA) is 107 Å². The van der Waals surface area contributed by atoms with Crippen molar-refractivity contribution in [3.8, 4) is 17.2 Å². The molecule has 0 spiro atoms. The van der Waals surface area contributed by atoms with Crippen LogP contribution in [0.1, 0.15) is 18.1 Å². The van der Waals surface area contributed by atoms with E-state index in [-0.39, 0.29) is 18.5 Å². The molecule has 0 bridgehead atoms. The van der Waals surface area contributed by atoms with E-state index in [9.17, 15) is 10.2 Å². The van der Waals surface area contributed by atoms with E-state index in [1.807, 2.05) is 0 Å². The summed E-state index contributed by atoms with van der Waals surface area (Å²) in [7, 11) is 0. The van der Waals surface area contributed by atoms with Crippen LogP contribution in [0.3, 0.4) is 0 Å². The van der Waals surface area contributed by atoms with Crippen molar-refractivity contribution in [2.75, 3.05) is 6.54 Å². The van der Waals surface area contributed by atoms with Crippen LogP contribution in [0.2, 0.25) is 0 Å². The van der Waals surface area contributed by atoms with Gasteiger partial charge in [-0.05, 0) is 25.1 Å². The third-order valence-electron chi connectivity index (χ3n) is 1.96. The predicted octanol–water partition coefficient (Wildman–Crippen LogP) is 0.186. The first-order valence-electron chi connectivity index (χ1n) is 4.19. The molecule has 78 valence electrons. The zero-order valence-corrected chi connectivity index (χ0v) is 7.51. The van der Waals surface area contributed by atoms with Gasteiger partial charge in [0, 0.05) is 5.56 Å². The number of aliphatic hydroxyl groups is 1. The van der Waals surface area contributed by atoms with Crippen LogP contribution >= 0.6 is 0 Å². The number of hydrogen-bond acceptors (Lipinski definition) is 5. The zero-order chi connectivity index (χ0) is 10.7. The Kier molecular flexibility index (Phi) is 3.16. The summed E-state index contributed by atoms with van der Waals surface area (Å²) in [4.78, 5) is 0. The summed E-state index contributed by atoms with van der Waals surface area (Å²) in [5, 5.41) is 37.0. The second-order valence-corrected chi connectivity index (χ2v) is 2.96. The number of nitrogens with two attached hydrogens (primary N) is 1. The smallest absolute Gasteiger partial charge is 0.200 e. The van der Waals surface area contributed by atoms with Gasteiger partial charge in [-0.25, -0.2) is 0 Å². The van der Waals surface area contributed by atoms with Crippen molar-refractivity contribution in [2.24, 2.45) is 5.73 Å². The summed E-state index contributed by atoms with van der Waals surface area (Å²) in [6.45, 7) is 0.266. The van der Waals surface area contributed by atoms with Crippen LogP contribution in [0.15, 0.2) is 12.1 Å². The highest BCUT2D eigenvalue weighted by Gasteiger charge is 2.16. The molecule has 1 aromatic carbocycles. The molecule has 5 nitrogen and oxygen atoms in total. The monoisotopic (exact) mass is 199 g/mol. The third-order valence-corrected chi connectivity index (χ3v) is 1.96. The highest BCUT2D eigenvalue weighted by molar-refractivity contribution is 5.53. The highest BCUT2D eigenvalue weighted by atomic mass is 16.3. The molecule has 5 heteroatoms. The minimum Gasteiger partial charge on any atom is -0.504 e. The van der Waals surface area contributed by atoms with Crippen molar-refractivity contribution in [3.63, 3.8) is 0 Å². The molecule has 1 rings (SSSR count). The van der Waals surface area contributed by atoms with Gasteiger partial charge >= 0.3 is 0 Å². The van der Waals surface area contributed by atoms with Gasteiger partial charge < -0.3 is 26.2 Å². The molecule has 0 aromatic heterocycles. The van der Waals surface area contributed by atoms with E-state index in [4.69, 9.17) is 15.9 Å². The van der Waals surface area contributed by atoms with Gasteiger partial charge in [-0.1, -0.05) is 0 Å². The Morgan fingerprint density at radius 3 is 2.36 bits per heavy atom. The van der Waals surface area contributed by atoms with Gasteiger partial charge in [-0.15, -0.1) is 0 Å². The highest BCUT2D eigenvalue weighted by Crippen LogP contribution is 2.40. The van der Waals surface area contributed by atoms with Gasteiger partial charge in [-0.3, -0.25) is 0 Å². The minimum atomic E-state index is -0.938. The Morgan fingerprint density at radius 1 is 1.14 bits per heavy atom. The van der Waals surface area contributed by atoms with E-state index in [1.165, 1.54) is 12.1 Å². The normalized spacial score (nSPS) is 12.7. The molecule has 0 aliphatic rings. The summed E-state index contributed by atoms with van der Waals surface area (Å²) in [5.41, 5.74) is 5.39. The lowest BCUT2D eigenvalue weighted by molar-refractivity contribution is 0.165. The molecule has 0 aliphatic carbocycles. The molecular formula is C9H13NO4. The number of phenolic OH excluding ortho intramolecular Hbond substituents is 3.